The number of hydrogen-bond acceptors (Lipinski definition) is 4. The standard InChI is InChI=1S/C6H9FO4/c1-2(8)5-4(9)3(7)6(10)11-5/h2-5,8-9H,1H3. The number of carbonyl (C=O) groups excluding carboxylic acids is 1. The van der Waals surface area contributed by atoms with Crippen molar-refractivity contribution in [2.75, 3.05) is 0 Å². The van der Waals surface area contributed by atoms with Crippen LogP contribution in [0.3, 0.4) is 0 Å². The summed E-state index contributed by atoms with van der Waals surface area (Å²) in [5.74, 6) is -1.11. The van der Waals surface area contributed by atoms with Crippen molar-refractivity contribution >= 4 is 5.97 Å². The lowest BCUT2D eigenvalue weighted by Gasteiger charge is -2.14. The zero-order valence-corrected chi connectivity index (χ0v) is 5.90. The fourth-order valence-electron chi connectivity index (χ4n) is 0.959. The molecule has 1 aliphatic heterocycles. The van der Waals surface area contributed by atoms with Crippen molar-refractivity contribution in [1.82, 2.24) is 0 Å². The molecule has 0 aliphatic carbocycles. The molecule has 64 valence electrons. The van der Waals surface area contributed by atoms with Gasteiger partial charge >= 0.3 is 5.97 Å². The number of hydrogen-bond donors (Lipinski definition) is 2. The van der Waals surface area contributed by atoms with E-state index >= 15 is 0 Å². The van der Waals surface area contributed by atoms with Gasteiger partial charge in [0.2, 0.25) is 6.17 Å². The first-order chi connectivity index (χ1) is 5.04. The van der Waals surface area contributed by atoms with E-state index in [4.69, 9.17) is 10.2 Å². The molecule has 1 saturated heterocycles. The zero-order chi connectivity index (χ0) is 8.59. The molecule has 0 aromatic heterocycles. The van der Waals surface area contributed by atoms with Crippen molar-refractivity contribution in [3.8, 4) is 0 Å². The molecule has 1 aliphatic rings. The summed E-state index contributed by atoms with van der Waals surface area (Å²) in [5, 5.41) is 17.8. The van der Waals surface area contributed by atoms with Crippen LogP contribution in [0.25, 0.3) is 0 Å². The Kier molecular flexibility index (Phi) is 2.10. The molecular formula is C6H9FO4. The molecule has 4 unspecified atom stereocenters. The Morgan fingerprint density at radius 2 is 2.27 bits per heavy atom. The zero-order valence-electron chi connectivity index (χ0n) is 5.90. The number of carbonyl (C=O) groups is 1. The molecule has 0 aromatic rings. The lowest BCUT2D eigenvalue weighted by atomic mass is 10.1. The molecule has 4 atom stereocenters. The summed E-state index contributed by atoms with van der Waals surface area (Å²) in [6, 6.07) is 0. The molecule has 0 saturated carbocycles. The molecule has 0 amide bonds. The van der Waals surface area contributed by atoms with Crippen LogP contribution in [0.15, 0.2) is 0 Å². The number of alkyl halides is 1. The summed E-state index contributed by atoms with van der Waals surface area (Å²) in [7, 11) is 0. The summed E-state index contributed by atoms with van der Waals surface area (Å²) in [6.45, 7) is 1.32. The van der Waals surface area contributed by atoms with Crippen molar-refractivity contribution in [1.29, 1.82) is 0 Å². The van der Waals surface area contributed by atoms with Gasteiger partial charge in [-0.2, -0.15) is 0 Å². The predicted octanol–water partition coefficient (Wildman–Crippen LogP) is -1.01. The van der Waals surface area contributed by atoms with Crippen LogP contribution in [0.1, 0.15) is 6.92 Å². The average molecular weight is 164 g/mol. The highest BCUT2D eigenvalue weighted by Gasteiger charge is 2.46. The SMILES string of the molecule is CC(O)C1OC(=O)C(F)C1O. The van der Waals surface area contributed by atoms with Crippen molar-refractivity contribution in [3.05, 3.63) is 0 Å². The van der Waals surface area contributed by atoms with Gasteiger partial charge in [-0.15, -0.1) is 0 Å². The van der Waals surface area contributed by atoms with Gasteiger partial charge < -0.3 is 14.9 Å². The summed E-state index contributed by atoms with van der Waals surface area (Å²) < 4.78 is 16.8. The Hall–Kier alpha value is -0.680. The van der Waals surface area contributed by atoms with Crippen LogP contribution in [0, 0.1) is 0 Å². The van der Waals surface area contributed by atoms with Crippen LogP contribution >= 0.6 is 0 Å². The van der Waals surface area contributed by atoms with E-state index in [9.17, 15) is 9.18 Å². The second-order valence-electron chi connectivity index (χ2n) is 2.53. The fraction of sp³-hybridized carbons (Fsp3) is 0.833. The van der Waals surface area contributed by atoms with Gasteiger partial charge in [0.1, 0.15) is 6.10 Å². The Morgan fingerprint density at radius 3 is 2.45 bits per heavy atom. The number of aliphatic hydroxyl groups excluding tert-OH is 2. The first kappa shape index (κ1) is 8.42. The van der Waals surface area contributed by atoms with E-state index in [1.165, 1.54) is 6.92 Å². The third kappa shape index (κ3) is 1.34. The first-order valence-electron chi connectivity index (χ1n) is 3.24. The minimum absolute atomic E-state index is 1.05. The van der Waals surface area contributed by atoms with Crippen LogP contribution in [-0.2, 0) is 9.53 Å². The number of rotatable bonds is 1. The largest absolute Gasteiger partial charge is 0.454 e. The van der Waals surface area contributed by atoms with E-state index in [0.29, 0.717) is 0 Å². The Bertz CT molecular complexity index is 170. The maximum absolute atomic E-state index is 12.5. The monoisotopic (exact) mass is 164 g/mol. The van der Waals surface area contributed by atoms with E-state index in [0.717, 1.165) is 0 Å². The van der Waals surface area contributed by atoms with Crippen LogP contribution in [-0.4, -0.2) is 40.7 Å². The molecule has 5 heteroatoms. The number of ether oxygens (including phenoxy) is 1. The third-order valence-electron chi connectivity index (χ3n) is 1.59. The number of esters is 1. The van der Waals surface area contributed by atoms with Gasteiger partial charge in [0.15, 0.2) is 6.10 Å². The maximum Gasteiger partial charge on any atom is 0.344 e. The van der Waals surface area contributed by atoms with Gasteiger partial charge in [0, 0.05) is 0 Å². The molecule has 1 rings (SSSR count). The number of aliphatic hydroxyl groups is 2. The second-order valence-corrected chi connectivity index (χ2v) is 2.53. The molecule has 0 radical (unpaired) electrons. The molecule has 0 bridgehead atoms. The topological polar surface area (TPSA) is 66.8 Å². The van der Waals surface area contributed by atoms with Crippen LogP contribution in [0.5, 0.6) is 0 Å². The molecule has 2 N–H and O–H groups in total. The average Bonchev–Trinajstić information content (AvgIpc) is 2.17. The van der Waals surface area contributed by atoms with E-state index in [1.54, 1.807) is 0 Å². The molecule has 11 heavy (non-hydrogen) atoms. The molecule has 0 spiro atoms. The normalized spacial score (nSPS) is 40.4. The molecule has 0 aromatic carbocycles. The van der Waals surface area contributed by atoms with Crippen LogP contribution < -0.4 is 0 Å². The highest BCUT2D eigenvalue weighted by atomic mass is 19.1. The van der Waals surface area contributed by atoms with E-state index in [-0.39, 0.29) is 0 Å². The van der Waals surface area contributed by atoms with Gasteiger partial charge in [-0.25, -0.2) is 9.18 Å². The second kappa shape index (κ2) is 2.75. The summed E-state index contributed by atoms with van der Waals surface area (Å²) in [4.78, 5) is 10.4. The lowest BCUT2D eigenvalue weighted by molar-refractivity contribution is -0.148. The minimum Gasteiger partial charge on any atom is -0.454 e. The van der Waals surface area contributed by atoms with Gasteiger partial charge in [-0.05, 0) is 6.92 Å². The van der Waals surface area contributed by atoms with Crippen molar-refractivity contribution < 1.29 is 24.1 Å². The number of halogens is 1. The smallest absolute Gasteiger partial charge is 0.344 e. The summed E-state index contributed by atoms with van der Waals surface area (Å²) in [6.07, 6.45) is -5.73. The van der Waals surface area contributed by atoms with E-state index in [2.05, 4.69) is 4.74 Å². The predicted molar refractivity (Wildman–Crippen MR) is 32.5 cm³/mol. The van der Waals surface area contributed by atoms with Crippen molar-refractivity contribution in [3.63, 3.8) is 0 Å². The Labute approximate surface area is 62.6 Å². The quantitative estimate of drug-likeness (QED) is 0.487. The van der Waals surface area contributed by atoms with Gasteiger partial charge in [-0.3, -0.25) is 0 Å². The van der Waals surface area contributed by atoms with Gasteiger partial charge in [0.25, 0.3) is 0 Å². The minimum atomic E-state index is -2.02. The number of cyclic esters (lactones) is 1. The lowest BCUT2D eigenvalue weighted by Crippen LogP contribution is -2.35. The van der Waals surface area contributed by atoms with Crippen LogP contribution in [0.2, 0.25) is 0 Å². The third-order valence-corrected chi connectivity index (χ3v) is 1.59. The van der Waals surface area contributed by atoms with Crippen LogP contribution in [0.4, 0.5) is 4.39 Å². The highest BCUT2D eigenvalue weighted by molar-refractivity contribution is 5.77. The Morgan fingerprint density at radius 1 is 1.73 bits per heavy atom. The van der Waals surface area contributed by atoms with Crippen molar-refractivity contribution in [2.24, 2.45) is 0 Å². The fourth-order valence-corrected chi connectivity index (χ4v) is 0.959. The van der Waals surface area contributed by atoms with E-state index < -0.39 is 30.5 Å². The van der Waals surface area contributed by atoms with Crippen molar-refractivity contribution in [2.45, 2.75) is 31.4 Å². The highest BCUT2D eigenvalue weighted by Crippen LogP contribution is 2.20. The van der Waals surface area contributed by atoms with Gasteiger partial charge in [-0.1, -0.05) is 0 Å². The maximum atomic E-state index is 12.5. The molecule has 1 fully saturated rings. The van der Waals surface area contributed by atoms with Gasteiger partial charge in [0.05, 0.1) is 6.10 Å². The Balaban J connectivity index is 2.67. The summed E-state index contributed by atoms with van der Waals surface area (Å²) in [5.41, 5.74) is 0. The molecule has 4 nitrogen and oxygen atoms in total. The molecular weight excluding hydrogens is 155 g/mol. The summed E-state index contributed by atoms with van der Waals surface area (Å²) >= 11 is 0. The first-order valence-corrected chi connectivity index (χ1v) is 3.24. The van der Waals surface area contributed by atoms with E-state index in [1.807, 2.05) is 0 Å². The molecule has 1 heterocycles.